The van der Waals surface area contributed by atoms with Gasteiger partial charge in [0.2, 0.25) is 17.8 Å². The minimum atomic E-state index is -5.28. The van der Waals surface area contributed by atoms with E-state index in [2.05, 4.69) is 30.3 Å². The predicted octanol–water partition coefficient (Wildman–Crippen LogP) is 4.55. The molecule has 3 aromatic rings. The molecule has 14 heteroatoms. The Labute approximate surface area is 177 Å². The fraction of sp³-hybridized carbons (Fsp3) is 0.278. The lowest BCUT2D eigenvalue weighted by Gasteiger charge is -2.17. The van der Waals surface area contributed by atoms with Gasteiger partial charge in [0.15, 0.2) is 0 Å². The highest BCUT2D eigenvalue weighted by Gasteiger charge is 2.39. The number of rotatable bonds is 7. The van der Waals surface area contributed by atoms with Crippen molar-refractivity contribution in [2.45, 2.75) is 32.6 Å². The Morgan fingerprint density at radius 3 is 2.41 bits per heavy atom. The molecule has 0 unspecified atom stereocenters. The molecule has 0 spiro atoms. The summed E-state index contributed by atoms with van der Waals surface area (Å²) in [6.07, 6.45) is -8.50. The molecule has 0 aliphatic carbocycles. The summed E-state index contributed by atoms with van der Waals surface area (Å²) in [5.74, 6) is -1.75. The van der Waals surface area contributed by atoms with Crippen LogP contribution in [0.1, 0.15) is 18.2 Å². The van der Waals surface area contributed by atoms with E-state index in [0.29, 0.717) is 18.7 Å². The van der Waals surface area contributed by atoms with Crippen LogP contribution in [0.3, 0.4) is 0 Å². The van der Waals surface area contributed by atoms with Crippen LogP contribution < -0.4 is 21.1 Å². The average Bonchev–Trinajstić information content (AvgIpc) is 3.13. The van der Waals surface area contributed by atoms with Gasteiger partial charge in [-0.1, -0.05) is 0 Å². The van der Waals surface area contributed by atoms with Gasteiger partial charge >= 0.3 is 12.5 Å². The molecule has 0 fully saturated rings. The predicted molar refractivity (Wildman–Crippen MR) is 103 cm³/mol. The molecule has 2 aromatic heterocycles. The van der Waals surface area contributed by atoms with Crippen molar-refractivity contribution in [2.24, 2.45) is 0 Å². The van der Waals surface area contributed by atoms with Gasteiger partial charge in [-0.3, -0.25) is 0 Å². The van der Waals surface area contributed by atoms with Gasteiger partial charge in [0.05, 0.1) is 12.1 Å². The number of ether oxygens (including phenoxy) is 1. The molecule has 2 heterocycles. The van der Waals surface area contributed by atoms with E-state index in [1.54, 1.807) is 0 Å². The van der Waals surface area contributed by atoms with Gasteiger partial charge in [-0.2, -0.15) is 28.1 Å². The second kappa shape index (κ2) is 8.80. The summed E-state index contributed by atoms with van der Waals surface area (Å²) in [7, 11) is 0. The summed E-state index contributed by atoms with van der Waals surface area (Å²) in [6.45, 7) is 3.05. The van der Waals surface area contributed by atoms with Crippen LogP contribution in [-0.4, -0.2) is 25.9 Å². The first-order chi connectivity index (χ1) is 14.9. The normalized spacial score (nSPS) is 12.0. The number of benzene rings is 1. The zero-order chi connectivity index (χ0) is 23.5. The first kappa shape index (κ1) is 23.0. The van der Waals surface area contributed by atoms with Crippen LogP contribution in [-0.2, 0) is 19.3 Å². The summed E-state index contributed by atoms with van der Waals surface area (Å²) in [6, 6.07) is 5.68. The molecule has 0 amide bonds. The standard InChI is InChI=1S/C18H17F6N7O/c1-2-31-7-3-4-11(31)9-26-15-28-14(25)29-16(30-15)27-10-5-6-13(32-18(22,23)24)12(8-10)17(19,20)21/h3-8H,2,9H2,1H3,(H4,25,26,27,28,29,30). The molecule has 0 radical (unpaired) electrons. The summed E-state index contributed by atoms with van der Waals surface area (Å²) in [4.78, 5) is 11.7. The SMILES string of the molecule is CCn1cccc1CNc1nc(N)nc(Nc2ccc(OC(F)(F)F)c(C(F)(F)F)c2)n1. The number of nitrogen functional groups attached to an aromatic ring is 1. The second-order valence-electron chi connectivity index (χ2n) is 6.36. The quantitative estimate of drug-likeness (QED) is 0.444. The third-order valence-corrected chi connectivity index (χ3v) is 4.11. The Kier molecular flexibility index (Phi) is 6.32. The lowest BCUT2D eigenvalue weighted by molar-refractivity contribution is -0.276. The van der Waals surface area contributed by atoms with Crippen molar-refractivity contribution >= 4 is 23.5 Å². The molecule has 3 rings (SSSR count). The van der Waals surface area contributed by atoms with Crippen LogP contribution in [0.4, 0.5) is 49.9 Å². The Morgan fingerprint density at radius 2 is 1.75 bits per heavy atom. The summed E-state index contributed by atoms with van der Waals surface area (Å²) < 4.78 is 82.3. The van der Waals surface area contributed by atoms with Crippen molar-refractivity contribution in [1.29, 1.82) is 0 Å². The van der Waals surface area contributed by atoms with Crippen LogP contribution in [0, 0.1) is 0 Å². The van der Waals surface area contributed by atoms with Crippen molar-refractivity contribution in [3.05, 3.63) is 47.8 Å². The molecule has 8 nitrogen and oxygen atoms in total. The van der Waals surface area contributed by atoms with Crippen LogP contribution in [0.2, 0.25) is 0 Å². The number of anilines is 4. The maximum Gasteiger partial charge on any atom is 0.573 e. The highest BCUT2D eigenvalue weighted by atomic mass is 19.4. The molecule has 0 atom stereocenters. The van der Waals surface area contributed by atoms with E-state index in [1.165, 1.54) is 0 Å². The molecule has 0 saturated heterocycles. The Morgan fingerprint density at radius 1 is 1.03 bits per heavy atom. The Balaban J connectivity index is 1.82. The minimum Gasteiger partial charge on any atom is -0.405 e. The van der Waals surface area contributed by atoms with Crippen LogP contribution in [0.5, 0.6) is 5.75 Å². The van der Waals surface area contributed by atoms with Gasteiger partial charge < -0.3 is 25.7 Å². The van der Waals surface area contributed by atoms with Crippen molar-refractivity contribution in [3.63, 3.8) is 0 Å². The molecule has 1 aromatic carbocycles. The highest BCUT2D eigenvalue weighted by molar-refractivity contribution is 5.59. The number of nitrogens with one attached hydrogen (secondary N) is 2. The fourth-order valence-corrected chi connectivity index (χ4v) is 2.79. The molecule has 172 valence electrons. The molecule has 4 N–H and O–H groups in total. The third kappa shape index (κ3) is 5.92. The average molecular weight is 461 g/mol. The molecule has 32 heavy (non-hydrogen) atoms. The van der Waals surface area contributed by atoms with Gasteiger partial charge in [-0.05, 0) is 37.3 Å². The van der Waals surface area contributed by atoms with E-state index in [9.17, 15) is 26.3 Å². The molecule has 0 saturated carbocycles. The lowest BCUT2D eigenvalue weighted by atomic mass is 10.1. The maximum atomic E-state index is 13.2. The van der Waals surface area contributed by atoms with E-state index in [4.69, 9.17) is 5.73 Å². The lowest BCUT2D eigenvalue weighted by Crippen LogP contribution is -2.20. The third-order valence-electron chi connectivity index (χ3n) is 4.11. The first-order valence-corrected chi connectivity index (χ1v) is 9.08. The number of halogens is 6. The molecule has 0 aliphatic rings. The van der Waals surface area contributed by atoms with E-state index < -0.39 is 23.9 Å². The van der Waals surface area contributed by atoms with Gasteiger partial charge in [0, 0.05) is 24.1 Å². The van der Waals surface area contributed by atoms with Gasteiger partial charge in [-0.15, -0.1) is 13.2 Å². The largest absolute Gasteiger partial charge is 0.573 e. The molecule has 0 aliphatic heterocycles. The van der Waals surface area contributed by atoms with E-state index >= 15 is 0 Å². The zero-order valence-corrected chi connectivity index (χ0v) is 16.4. The summed E-state index contributed by atoms with van der Waals surface area (Å²) in [5, 5.41) is 5.41. The molecule has 0 bridgehead atoms. The number of alkyl halides is 6. The Bertz CT molecular complexity index is 1080. The molecular weight excluding hydrogens is 444 g/mol. The van der Waals surface area contributed by atoms with Crippen molar-refractivity contribution in [3.8, 4) is 5.75 Å². The summed E-state index contributed by atoms with van der Waals surface area (Å²) >= 11 is 0. The topological polar surface area (TPSA) is 103 Å². The number of hydrogen-bond donors (Lipinski definition) is 3. The number of aryl methyl sites for hydroxylation is 1. The minimum absolute atomic E-state index is 0.0527. The van der Waals surface area contributed by atoms with Crippen molar-refractivity contribution in [1.82, 2.24) is 19.5 Å². The van der Waals surface area contributed by atoms with Gasteiger partial charge in [0.1, 0.15) is 5.75 Å². The zero-order valence-electron chi connectivity index (χ0n) is 16.4. The first-order valence-electron chi connectivity index (χ1n) is 9.08. The van der Waals surface area contributed by atoms with E-state index in [1.807, 2.05) is 29.8 Å². The highest BCUT2D eigenvalue weighted by Crippen LogP contribution is 2.40. The van der Waals surface area contributed by atoms with Crippen molar-refractivity contribution < 1.29 is 31.1 Å². The smallest absolute Gasteiger partial charge is 0.405 e. The summed E-state index contributed by atoms with van der Waals surface area (Å²) in [5.41, 5.74) is 4.71. The van der Waals surface area contributed by atoms with Gasteiger partial charge in [-0.25, -0.2) is 0 Å². The number of nitrogens with two attached hydrogens (primary N) is 1. The van der Waals surface area contributed by atoms with Crippen LogP contribution in [0.15, 0.2) is 36.5 Å². The second-order valence-corrected chi connectivity index (χ2v) is 6.36. The Hall–Kier alpha value is -3.71. The van der Waals surface area contributed by atoms with Crippen LogP contribution >= 0.6 is 0 Å². The number of aromatic nitrogens is 4. The maximum absolute atomic E-state index is 13.2. The monoisotopic (exact) mass is 461 g/mol. The molecular formula is C18H17F6N7O. The van der Waals surface area contributed by atoms with Gasteiger partial charge in [0.25, 0.3) is 0 Å². The van der Waals surface area contributed by atoms with Crippen LogP contribution in [0.25, 0.3) is 0 Å². The number of hydrogen-bond acceptors (Lipinski definition) is 7. The fourth-order valence-electron chi connectivity index (χ4n) is 2.79. The van der Waals surface area contributed by atoms with E-state index in [-0.39, 0.29) is 23.5 Å². The number of nitrogens with zero attached hydrogens (tertiary/aromatic N) is 4. The van der Waals surface area contributed by atoms with Crippen molar-refractivity contribution in [2.75, 3.05) is 16.4 Å². The van der Waals surface area contributed by atoms with E-state index in [0.717, 1.165) is 18.3 Å².